The standard InChI is InChI=1S/C27H37N3O3/c1-27(2,28-26(31)30-18-17-29-15-13-24(30)14-16-29)23-9-5-21(6-10-23)22-7-11-25(12-8-22)33-20-4-19-32-3/h5-12,24H,4,13-20H2,1-3H3,(H,28,31). The van der Waals surface area contributed by atoms with Crippen molar-refractivity contribution in [3.8, 4) is 16.9 Å². The third kappa shape index (κ3) is 5.87. The van der Waals surface area contributed by atoms with E-state index < -0.39 is 5.54 Å². The second-order valence-electron chi connectivity index (χ2n) is 9.62. The lowest BCUT2D eigenvalue weighted by molar-refractivity contribution is 0.161. The molecule has 5 rings (SSSR count). The van der Waals surface area contributed by atoms with Crippen LogP contribution in [-0.4, -0.2) is 68.4 Å². The summed E-state index contributed by atoms with van der Waals surface area (Å²) in [4.78, 5) is 17.7. The normalized spacial score (nSPS) is 20.4. The molecule has 0 atom stereocenters. The predicted molar refractivity (Wildman–Crippen MR) is 132 cm³/mol. The topological polar surface area (TPSA) is 54.0 Å². The Hall–Kier alpha value is -2.57. The molecule has 3 heterocycles. The van der Waals surface area contributed by atoms with E-state index in [2.05, 4.69) is 65.4 Å². The summed E-state index contributed by atoms with van der Waals surface area (Å²) in [6, 6.07) is 17.1. The zero-order chi connectivity index (χ0) is 23.3. The maximum absolute atomic E-state index is 13.1. The number of hydrogen-bond donors (Lipinski definition) is 1. The second-order valence-corrected chi connectivity index (χ2v) is 9.62. The first-order chi connectivity index (χ1) is 16.0. The van der Waals surface area contributed by atoms with Crippen LogP contribution in [0.5, 0.6) is 5.75 Å². The molecule has 3 saturated heterocycles. The fraction of sp³-hybridized carbons (Fsp3) is 0.519. The van der Waals surface area contributed by atoms with Gasteiger partial charge in [-0.3, -0.25) is 0 Å². The molecule has 2 amide bonds. The molecule has 3 fully saturated rings. The molecular weight excluding hydrogens is 414 g/mol. The molecule has 6 heteroatoms. The van der Waals surface area contributed by atoms with E-state index in [0.717, 1.165) is 67.9 Å². The van der Waals surface area contributed by atoms with Gasteiger partial charge in [-0.05, 0) is 55.5 Å². The van der Waals surface area contributed by atoms with Crippen molar-refractivity contribution in [2.45, 2.75) is 44.7 Å². The molecule has 0 aromatic heterocycles. The van der Waals surface area contributed by atoms with E-state index in [1.807, 2.05) is 12.1 Å². The van der Waals surface area contributed by atoms with Crippen LogP contribution in [0.15, 0.2) is 48.5 Å². The van der Waals surface area contributed by atoms with Crippen LogP contribution in [0.4, 0.5) is 4.79 Å². The maximum atomic E-state index is 13.1. The molecule has 6 nitrogen and oxygen atoms in total. The SMILES string of the molecule is COCCCOc1ccc(-c2ccc(C(C)(C)NC(=O)N3CCN4CCC3CC4)cc2)cc1. The molecule has 2 bridgehead atoms. The van der Waals surface area contributed by atoms with E-state index >= 15 is 0 Å². The minimum absolute atomic E-state index is 0.0546. The summed E-state index contributed by atoms with van der Waals surface area (Å²) in [5.41, 5.74) is 2.94. The number of urea groups is 1. The van der Waals surface area contributed by atoms with Crippen LogP contribution >= 0.6 is 0 Å². The number of methoxy groups -OCH3 is 1. The first kappa shape index (κ1) is 23.6. The zero-order valence-electron chi connectivity index (χ0n) is 20.2. The van der Waals surface area contributed by atoms with Gasteiger partial charge in [0, 0.05) is 52.4 Å². The van der Waals surface area contributed by atoms with Crippen molar-refractivity contribution in [1.82, 2.24) is 15.1 Å². The highest BCUT2D eigenvalue weighted by Crippen LogP contribution is 2.28. The number of rotatable bonds is 8. The van der Waals surface area contributed by atoms with Gasteiger partial charge in [-0.25, -0.2) is 4.79 Å². The largest absolute Gasteiger partial charge is 0.494 e. The highest BCUT2D eigenvalue weighted by molar-refractivity contribution is 5.76. The average Bonchev–Trinajstić information content (AvgIpc) is 3.16. The Labute approximate surface area is 197 Å². The van der Waals surface area contributed by atoms with Crippen LogP contribution < -0.4 is 10.1 Å². The van der Waals surface area contributed by atoms with Crippen molar-refractivity contribution >= 4 is 6.03 Å². The lowest BCUT2D eigenvalue weighted by Crippen LogP contribution is -2.52. The van der Waals surface area contributed by atoms with Gasteiger partial charge >= 0.3 is 6.03 Å². The molecule has 2 aromatic carbocycles. The van der Waals surface area contributed by atoms with E-state index in [-0.39, 0.29) is 6.03 Å². The van der Waals surface area contributed by atoms with Gasteiger partial charge < -0.3 is 24.6 Å². The Morgan fingerprint density at radius 2 is 1.58 bits per heavy atom. The fourth-order valence-corrected chi connectivity index (χ4v) is 4.78. The number of carbonyl (C=O) groups excluding carboxylic acids is 1. The van der Waals surface area contributed by atoms with Crippen LogP contribution in [0.3, 0.4) is 0 Å². The van der Waals surface area contributed by atoms with Gasteiger partial charge in [0.05, 0.1) is 12.1 Å². The molecule has 3 aliphatic rings. The van der Waals surface area contributed by atoms with E-state index in [1.165, 1.54) is 0 Å². The van der Waals surface area contributed by atoms with Crippen molar-refractivity contribution in [2.75, 3.05) is 46.5 Å². The third-order valence-electron chi connectivity index (χ3n) is 6.89. The Bertz CT molecular complexity index is 903. The fourth-order valence-electron chi connectivity index (χ4n) is 4.78. The third-order valence-corrected chi connectivity index (χ3v) is 6.89. The first-order valence-electron chi connectivity index (χ1n) is 12.1. The molecule has 0 spiro atoms. The Morgan fingerprint density at radius 1 is 0.939 bits per heavy atom. The molecule has 0 aliphatic carbocycles. The molecular formula is C27H37N3O3. The average molecular weight is 452 g/mol. The molecule has 33 heavy (non-hydrogen) atoms. The van der Waals surface area contributed by atoms with Gasteiger partial charge in [0.25, 0.3) is 0 Å². The quantitative estimate of drug-likeness (QED) is 0.601. The van der Waals surface area contributed by atoms with Gasteiger partial charge in [-0.1, -0.05) is 36.4 Å². The Morgan fingerprint density at radius 3 is 2.21 bits per heavy atom. The van der Waals surface area contributed by atoms with Crippen molar-refractivity contribution in [2.24, 2.45) is 0 Å². The summed E-state index contributed by atoms with van der Waals surface area (Å²) in [5, 5.41) is 3.29. The van der Waals surface area contributed by atoms with E-state index in [4.69, 9.17) is 9.47 Å². The van der Waals surface area contributed by atoms with Gasteiger partial charge in [0.1, 0.15) is 5.75 Å². The van der Waals surface area contributed by atoms with Crippen molar-refractivity contribution in [3.05, 3.63) is 54.1 Å². The number of ether oxygens (including phenoxy) is 2. The number of carbonyl (C=O) groups is 1. The van der Waals surface area contributed by atoms with E-state index in [0.29, 0.717) is 19.3 Å². The number of amides is 2. The number of fused-ring (bicyclic) bond motifs is 4. The number of benzene rings is 2. The minimum Gasteiger partial charge on any atom is -0.494 e. The summed E-state index contributed by atoms with van der Waals surface area (Å²) < 4.78 is 10.8. The molecule has 1 N–H and O–H groups in total. The highest BCUT2D eigenvalue weighted by Gasteiger charge is 2.34. The summed E-state index contributed by atoms with van der Waals surface area (Å²) in [6.07, 6.45) is 3.04. The second kappa shape index (κ2) is 10.6. The van der Waals surface area contributed by atoms with Crippen LogP contribution in [0, 0.1) is 0 Å². The summed E-state index contributed by atoms with van der Waals surface area (Å²) in [5.74, 6) is 0.870. The lowest BCUT2D eigenvalue weighted by Gasteiger charge is -2.35. The monoisotopic (exact) mass is 451 g/mol. The smallest absolute Gasteiger partial charge is 0.318 e. The van der Waals surface area contributed by atoms with Crippen LogP contribution in [0.25, 0.3) is 11.1 Å². The van der Waals surface area contributed by atoms with Crippen molar-refractivity contribution in [3.63, 3.8) is 0 Å². The number of hydrogen-bond acceptors (Lipinski definition) is 4. The lowest BCUT2D eigenvalue weighted by atomic mass is 9.92. The van der Waals surface area contributed by atoms with Crippen LogP contribution in [0.1, 0.15) is 38.7 Å². The summed E-state index contributed by atoms with van der Waals surface area (Å²) in [6.45, 7) is 9.54. The molecule has 0 radical (unpaired) electrons. The number of nitrogens with one attached hydrogen (secondary N) is 1. The number of nitrogens with zero attached hydrogens (tertiary/aromatic N) is 2. The van der Waals surface area contributed by atoms with Gasteiger partial charge in [-0.15, -0.1) is 0 Å². The van der Waals surface area contributed by atoms with Crippen molar-refractivity contribution in [1.29, 1.82) is 0 Å². The van der Waals surface area contributed by atoms with E-state index in [9.17, 15) is 4.79 Å². The molecule has 178 valence electrons. The molecule has 0 unspecified atom stereocenters. The molecule has 0 saturated carbocycles. The summed E-state index contributed by atoms with van der Waals surface area (Å²) >= 11 is 0. The summed E-state index contributed by atoms with van der Waals surface area (Å²) in [7, 11) is 1.70. The van der Waals surface area contributed by atoms with Gasteiger partial charge in [0.2, 0.25) is 0 Å². The van der Waals surface area contributed by atoms with Gasteiger partial charge in [0.15, 0.2) is 0 Å². The number of piperidine rings is 1. The minimum atomic E-state index is -0.444. The van der Waals surface area contributed by atoms with Gasteiger partial charge in [-0.2, -0.15) is 0 Å². The van der Waals surface area contributed by atoms with Crippen molar-refractivity contribution < 1.29 is 14.3 Å². The first-order valence-corrected chi connectivity index (χ1v) is 12.1. The maximum Gasteiger partial charge on any atom is 0.318 e. The zero-order valence-corrected chi connectivity index (χ0v) is 20.2. The Kier molecular flexibility index (Phi) is 7.56. The predicted octanol–water partition coefficient (Wildman–Crippen LogP) is 4.49. The molecule has 3 aliphatic heterocycles. The highest BCUT2D eigenvalue weighted by atomic mass is 16.5. The Balaban J connectivity index is 1.37. The van der Waals surface area contributed by atoms with E-state index in [1.54, 1.807) is 7.11 Å². The van der Waals surface area contributed by atoms with Crippen LogP contribution in [0.2, 0.25) is 0 Å². The molecule has 2 aromatic rings. The van der Waals surface area contributed by atoms with Crippen LogP contribution in [-0.2, 0) is 10.3 Å².